The molecule has 1 saturated heterocycles. The Morgan fingerprint density at radius 2 is 1.97 bits per heavy atom. The van der Waals surface area contributed by atoms with Crippen LogP contribution in [-0.4, -0.2) is 44.4 Å². The van der Waals surface area contributed by atoms with Crippen molar-refractivity contribution in [3.8, 4) is 17.1 Å². The number of guanidine groups is 1. The molecule has 0 saturated carbocycles. The average molecular weight is 533 g/mol. The third-order valence-corrected chi connectivity index (χ3v) is 5.23. The molecule has 0 bridgehead atoms. The van der Waals surface area contributed by atoms with E-state index in [2.05, 4.69) is 31.7 Å². The molecule has 7 nitrogen and oxygen atoms in total. The Morgan fingerprint density at radius 3 is 2.74 bits per heavy atom. The number of hydrogen-bond acceptors (Lipinski definition) is 5. The Kier molecular flexibility index (Phi) is 8.16. The van der Waals surface area contributed by atoms with Crippen molar-refractivity contribution in [3.63, 3.8) is 0 Å². The molecule has 1 fully saturated rings. The molecule has 2 heterocycles. The minimum absolute atomic E-state index is 0. The number of benzene rings is 2. The minimum Gasteiger partial charge on any atom is -0.495 e. The van der Waals surface area contributed by atoms with Gasteiger partial charge in [-0.3, -0.25) is 4.99 Å². The first kappa shape index (κ1) is 22.9. The number of anilines is 1. The lowest BCUT2D eigenvalue weighted by Crippen LogP contribution is -2.44. The summed E-state index contributed by atoms with van der Waals surface area (Å²) in [6, 6.07) is 20.4. The van der Waals surface area contributed by atoms with Crippen molar-refractivity contribution in [3.05, 3.63) is 66.4 Å². The van der Waals surface area contributed by atoms with E-state index in [-0.39, 0.29) is 24.0 Å². The average Bonchev–Trinajstić information content (AvgIpc) is 3.47. The molecular weight excluding hydrogens is 505 g/mol. The number of rotatable bonds is 6. The molecule has 0 aliphatic carbocycles. The molecule has 31 heavy (non-hydrogen) atoms. The van der Waals surface area contributed by atoms with Crippen LogP contribution in [0.3, 0.4) is 0 Å². The van der Waals surface area contributed by atoms with Crippen LogP contribution >= 0.6 is 24.0 Å². The summed E-state index contributed by atoms with van der Waals surface area (Å²) >= 11 is 0. The third kappa shape index (κ3) is 5.69. The second-order valence-electron chi connectivity index (χ2n) is 7.22. The molecule has 3 aromatic rings. The summed E-state index contributed by atoms with van der Waals surface area (Å²) in [7, 11) is 3.49. The molecule has 1 atom stereocenters. The zero-order valence-electron chi connectivity index (χ0n) is 17.7. The molecule has 1 unspecified atom stereocenters. The molecule has 0 spiro atoms. The fraction of sp³-hybridized carbons (Fsp3) is 0.304. The molecule has 1 aromatic heterocycles. The quantitative estimate of drug-likeness (QED) is 0.285. The zero-order chi connectivity index (χ0) is 20.8. The largest absolute Gasteiger partial charge is 0.495 e. The monoisotopic (exact) mass is 533 g/mol. The van der Waals surface area contributed by atoms with Crippen LogP contribution in [0.1, 0.15) is 12.1 Å². The first-order valence-electron chi connectivity index (χ1n) is 10.1. The van der Waals surface area contributed by atoms with Crippen LogP contribution in [0.15, 0.2) is 70.2 Å². The lowest BCUT2D eigenvalue weighted by Gasteiger charge is -2.22. The summed E-state index contributed by atoms with van der Waals surface area (Å²) < 4.78 is 11.0. The van der Waals surface area contributed by atoms with E-state index in [1.807, 2.05) is 54.6 Å². The topological polar surface area (TPSA) is 74.9 Å². The van der Waals surface area contributed by atoms with Crippen LogP contribution in [0.4, 0.5) is 5.69 Å². The smallest absolute Gasteiger partial charge is 0.191 e. The van der Waals surface area contributed by atoms with Crippen molar-refractivity contribution in [1.82, 2.24) is 15.8 Å². The highest BCUT2D eigenvalue weighted by Gasteiger charge is 2.25. The van der Waals surface area contributed by atoms with Gasteiger partial charge in [-0.05, 0) is 18.6 Å². The number of hydrogen-bond donors (Lipinski definition) is 2. The van der Waals surface area contributed by atoms with Crippen LogP contribution in [0.2, 0.25) is 0 Å². The molecule has 1 aliphatic heterocycles. The van der Waals surface area contributed by atoms with E-state index in [1.54, 1.807) is 14.2 Å². The fourth-order valence-electron chi connectivity index (χ4n) is 3.68. The highest BCUT2D eigenvalue weighted by atomic mass is 127. The number of methoxy groups -OCH3 is 1. The van der Waals surface area contributed by atoms with Crippen LogP contribution in [-0.2, 0) is 6.54 Å². The molecule has 164 valence electrons. The van der Waals surface area contributed by atoms with E-state index in [4.69, 9.17) is 9.26 Å². The number of ether oxygens (including phenoxy) is 1. The molecule has 2 aromatic carbocycles. The zero-order valence-corrected chi connectivity index (χ0v) is 20.1. The van der Waals surface area contributed by atoms with Crippen LogP contribution in [0.5, 0.6) is 5.75 Å². The normalized spacial score (nSPS) is 16.0. The van der Waals surface area contributed by atoms with Gasteiger partial charge in [0, 0.05) is 37.8 Å². The SMILES string of the molecule is CN=C(NCc1cc(-c2ccccc2)on1)NC1CCN(c2ccccc2OC)C1.I. The number of halogens is 1. The maximum absolute atomic E-state index is 5.50. The van der Waals surface area contributed by atoms with E-state index in [1.165, 1.54) is 0 Å². The summed E-state index contributed by atoms with van der Waals surface area (Å²) in [4.78, 5) is 6.70. The van der Waals surface area contributed by atoms with Gasteiger partial charge >= 0.3 is 0 Å². The summed E-state index contributed by atoms with van der Waals surface area (Å²) in [5.41, 5.74) is 2.98. The first-order chi connectivity index (χ1) is 14.8. The predicted octanol–water partition coefficient (Wildman–Crippen LogP) is 3.91. The van der Waals surface area contributed by atoms with Crippen LogP contribution in [0.25, 0.3) is 11.3 Å². The molecule has 2 N–H and O–H groups in total. The van der Waals surface area contributed by atoms with E-state index in [0.717, 1.165) is 53.9 Å². The van der Waals surface area contributed by atoms with E-state index in [9.17, 15) is 0 Å². The van der Waals surface area contributed by atoms with Gasteiger partial charge in [0.15, 0.2) is 11.7 Å². The van der Waals surface area contributed by atoms with Crippen molar-refractivity contribution in [2.75, 3.05) is 32.1 Å². The van der Waals surface area contributed by atoms with Crippen molar-refractivity contribution in [2.24, 2.45) is 4.99 Å². The summed E-state index contributed by atoms with van der Waals surface area (Å²) in [6.45, 7) is 2.40. The van der Waals surface area contributed by atoms with Gasteiger partial charge < -0.3 is 24.8 Å². The Labute approximate surface area is 199 Å². The Balaban J connectivity index is 0.00000272. The molecular formula is C23H28IN5O2. The summed E-state index contributed by atoms with van der Waals surface area (Å²) in [5.74, 6) is 2.42. The molecule has 0 radical (unpaired) electrons. The van der Waals surface area contributed by atoms with Gasteiger partial charge in [0.05, 0.1) is 19.3 Å². The maximum Gasteiger partial charge on any atom is 0.191 e. The van der Waals surface area contributed by atoms with Gasteiger partial charge in [-0.2, -0.15) is 0 Å². The number of aliphatic imine (C=N–C) groups is 1. The van der Waals surface area contributed by atoms with Crippen molar-refractivity contribution in [1.29, 1.82) is 0 Å². The van der Waals surface area contributed by atoms with Gasteiger partial charge in [-0.1, -0.05) is 47.6 Å². The first-order valence-corrected chi connectivity index (χ1v) is 10.1. The number of aromatic nitrogens is 1. The fourth-order valence-corrected chi connectivity index (χ4v) is 3.68. The molecule has 8 heteroatoms. The van der Waals surface area contributed by atoms with Gasteiger partial charge in [0.1, 0.15) is 11.4 Å². The summed E-state index contributed by atoms with van der Waals surface area (Å²) in [6.07, 6.45) is 1.03. The van der Waals surface area contributed by atoms with E-state index < -0.39 is 0 Å². The Hall–Kier alpha value is -2.75. The lowest BCUT2D eigenvalue weighted by atomic mass is 10.2. The van der Waals surface area contributed by atoms with Gasteiger partial charge in [-0.25, -0.2) is 0 Å². The molecule has 0 amide bonds. The molecule has 1 aliphatic rings. The third-order valence-electron chi connectivity index (χ3n) is 5.23. The molecule has 4 rings (SSSR count). The van der Waals surface area contributed by atoms with Gasteiger partial charge in [0.2, 0.25) is 0 Å². The number of nitrogens with one attached hydrogen (secondary N) is 2. The predicted molar refractivity (Wildman–Crippen MR) is 134 cm³/mol. The Bertz CT molecular complexity index is 992. The standard InChI is InChI=1S/C23H27N5O2.HI/c1-24-23(25-15-19-14-22(30-27-19)17-8-4-3-5-9-17)26-18-12-13-28(16-18)20-10-6-7-11-21(20)29-2;/h3-11,14,18H,12-13,15-16H2,1-2H3,(H2,24,25,26);1H. The highest BCUT2D eigenvalue weighted by Crippen LogP contribution is 2.30. The van der Waals surface area contributed by atoms with E-state index in [0.29, 0.717) is 12.6 Å². The lowest BCUT2D eigenvalue weighted by molar-refractivity contribution is 0.415. The van der Waals surface area contributed by atoms with Crippen molar-refractivity contribution < 1.29 is 9.26 Å². The number of para-hydroxylation sites is 2. The highest BCUT2D eigenvalue weighted by molar-refractivity contribution is 14.0. The maximum atomic E-state index is 5.50. The van der Waals surface area contributed by atoms with Gasteiger partial charge in [-0.15, -0.1) is 24.0 Å². The second-order valence-corrected chi connectivity index (χ2v) is 7.22. The minimum atomic E-state index is 0. The Morgan fingerprint density at radius 1 is 1.19 bits per heavy atom. The summed E-state index contributed by atoms with van der Waals surface area (Å²) in [5, 5.41) is 11.0. The van der Waals surface area contributed by atoms with Crippen molar-refractivity contribution >= 4 is 35.6 Å². The second kappa shape index (κ2) is 11.0. The van der Waals surface area contributed by atoms with Crippen LogP contribution < -0.4 is 20.3 Å². The van der Waals surface area contributed by atoms with Gasteiger partial charge in [0.25, 0.3) is 0 Å². The van der Waals surface area contributed by atoms with Crippen LogP contribution in [0, 0.1) is 0 Å². The van der Waals surface area contributed by atoms with Crippen molar-refractivity contribution in [2.45, 2.75) is 19.0 Å². The number of nitrogens with zero attached hydrogens (tertiary/aromatic N) is 3. The van der Waals surface area contributed by atoms with E-state index >= 15 is 0 Å².